The molecule has 5 nitrogen and oxygen atoms in total. The van der Waals surface area contributed by atoms with E-state index in [1.165, 1.54) is 14.2 Å². The molecule has 0 fully saturated rings. The summed E-state index contributed by atoms with van der Waals surface area (Å²) in [5.41, 5.74) is 1.28. The van der Waals surface area contributed by atoms with Gasteiger partial charge >= 0.3 is 6.03 Å². The van der Waals surface area contributed by atoms with Gasteiger partial charge in [0.15, 0.2) is 0 Å². The maximum atomic E-state index is 12.3. The molecule has 0 atom stereocenters. The number of nitrogens with one attached hydrogen (secondary N) is 2. The van der Waals surface area contributed by atoms with Crippen LogP contribution in [0.1, 0.15) is 19.4 Å². The number of methoxy groups -OCH3 is 2. The molecule has 0 heterocycles. The summed E-state index contributed by atoms with van der Waals surface area (Å²) in [7, 11) is 3.01. The topological polar surface area (TPSA) is 59.6 Å². The van der Waals surface area contributed by atoms with Crippen molar-refractivity contribution in [2.24, 2.45) is 0 Å². The van der Waals surface area contributed by atoms with Gasteiger partial charge in [0, 0.05) is 29.1 Å². The summed E-state index contributed by atoms with van der Waals surface area (Å²) in [4.78, 5) is 12.3. The van der Waals surface area contributed by atoms with Crippen molar-refractivity contribution in [2.75, 3.05) is 26.1 Å². The Morgan fingerprint density at radius 2 is 1.65 bits per heavy atom. The van der Waals surface area contributed by atoms with Gasteiger partial charge in [-0.1, -0.05) is 49.2 Å². The predicted octanol–water partition coefficient (Wildman–Crippen LogP) is 5.11. The standard InChI is InChI=1S/C19H22Cl2N2O3/c1-19(2,12-5-7-13(20)8-6-12)11-22-18(24)23-15-10-16(25-3)14(21)9-17(15)26-4/h5-10H,11H2,1-4H3,(H2,22,23,24). The van der Waals surface area contributed by atoms with Crippen LogP contribution in [0.3, 0.4) is 0 Å². The zero-order chi connectivity index (χ0) is 19.3. The second-order valence-electron chi connectivity index (χ2n) is 6.39. The minimum Gasteiger partial charge on any atom is -0.495 e. The van der Waals surface area contributed by atoms with Crippen molar-refractivity contribution in [1.82, 2.24) is 5.32 Å². The Bertz CT molecular complexity index is 777. The third-order valence-corrected chi connectivity index (χ3v) is 4.59. The highest BCUT2D eigenvalue weighted by atomic mass is 35.5. The first kappa shape index (κ1) is 20.2. The van der Waals surface area contributed by atoms with Crippen LogP contribution in [0.5, 0.6) is 11.5 Å². The summed E-state index contributed by atoms with van der Waals surface area (Å²) in [6, 6.07) is 10.4. The Hall–Kier alpha value is -2.11. The van der Waals surface area contributed by atoms with E-state index in [0.717, 1.165) is 5.56 Å². The van der Waals surface area contributed by atoms with E-state index in [1.807, 2.05) is 38.1 Å². The highest BCUT2D eigenvalue weighted by Crippen LogP contribution is 2.35. The summed E-state index contributed by atoms with van der Waals surface area (Å²) in [5.74, 6) is 0.896. The molecular formula is C19H22Cl2N2O3. The number of rotatable bonds is 6. The summed E-state index contributed by atoms with van der Waals surface area (Å²) < 4.78 is 10.4. The number of carbonyl (C=O) groups excluding carboxylic acids is 1. The number of hydrogen-bond acceptors (Lipinski definition) is 3. The third kappa shape index (κ3) is 4.96. The first-order valence-electron chi connectivity index (χ1n) is 7.99. The van der Waals surface area contributed by atoms with Crippen LogP contribution >= 0.6 is 23.2 Å². The van der Waals surface area contributed by atoms with E-state index < -0.39 is 0 Å². The molecule has 140 valence electrons. The van der Waals surface area contributed by atoms with Gasteiger partial charge in [0.2, 0.25) is 0 Å². The lowest BCUT2D eigenvalue weighted by Crippen LogP contribution is -2.39. The van der Waals surface area contributed by atoms with Gasteiger partial charge in [0.25, 0.3) is 0 Å². The van der Waals surface area contributed by atoms with E-state index in [-0.39, 0.29) is 11.4 Å². The molecule has 7 heteroatoms. The van der Waals surface area contributed by atoms with Crippen molar-refractivity contribution in [1.29, 1.82) is 0 Å². The fourth-order valence-electron chi connectivity index (χ4n) is 2.43. The van der Waals surface area contributed by atoms with E-state index in [9.17, 15) is 4.79 Å². The van der Waals surface area contributed by atoms with E-state index >= 15 is 0 Å². The Labute approximate surface area is 163 Å². The number of halogens is 2. The number of carbonyl (C=O) groups is 1. The number of amides is 2. The van der Waals surface area contributed by atoms with Gasteiger partial charge in [0.1, 0.15) is 11.5 Å². The molecule has 0 saturated heterocycles. The molecule has 0 saturated carbocycles. The SMILES string of the molecule is COc1cc(NC(=O)NCC(C)(C)c2ccc(Cl)cc2)c(OC)cc1Cl. The van der Waals surface area contributed by atoms with Crippen LogP contribution in [0.4, 0.5) is 10.5 Å². The molecule has 0 aliphatic rings. The lowest BCUT2D eigenvalue weighted by molar-refractivity contribution is 0.249. The molecule has 2 rings (SSSR count). The molecular weight excluding hydrogens is 375 g/mol. The van der Waals surface area contributed by atoms with E-state index in [2.05, 4.69) is 10.6 Å². The van der Waals surface area contributed by atoms with Crippen molar-refractivity contribution in [3.8, 4) is 11.5 Å². The lowest BCUT2D eigenvalue weighted by atomic mass is 9.85. The molecule has 2 amide bonds. The van der Waals surface area contributed by atoms with Crippen LogP contribution in [-0.4, -0.2) is 26.8 Å². The van der Waals surface area contributed by atoms with Crippen molar-refractivity contribution < 1.29 is 14.3 Å². The number of ether oxygens (including phenoxy) is 2. The van der Waals surface area contributed by atoms with Gasteiger partial charge in [0.05, 0.1) is 24.9 Å². The maximum Gasteiger partial charge on any atom is 0.319 e. The number of benzene rings is 2. The second kappa shape index (κ2) is 8.52. The maximum absolute atomic E-state index is 12.3. The first-order chi connectivity index (χ1) is 12.3. The van der Waals surface area contributed by atoms with Gasteiger partial charge in [-0.15, -0.1) is 0 Å². The van der Waals surface area contributed by atoms with Crippen LogP contribution in [0, 0.1) is 0 Å². The monoisotopic (exact) mass is 396 g/mol. The molecule has 0 aliphatic carbocycles. The summed E-state index contributed by atoms with van der Waals surface area (Å²) in [5, 5.41) is 6.72. The quantitative estimate of drug-likeness (QED) is 0.712. The summed E-state index contributed by atoms with van der Waals surface area (Å²) in [6.45, 7) is 4.53. The zero-order valence-electron chi connectivity index (χ0n) is 15.2. The van der Waals surface area contributed by atoms with E-state index in [4.69, 9.17) is 32.7 Å². The van der Waals surface area contributed by atoms with Crippen LogP contribution in [0.25, 0.3) is 0 Å². The molecule has 0 spiro atoms. The minimum absolute atomic E-state index is 0.260. The van der Waals surface area contributed by atoms with E-state index in [0.29, 0.717) is 33.8 Å². The van der Waals surface area contributed by atoms with Gasteiger partial charge < -0.3 is 20.1 Å². The summed E-state index contributed by atoms with van der Waals surface area (Å²) in [6.07, 6.45) is 0. The highest BCUT2D eigenvalue weighted by molar-refractivity contribution is 6.32. The molecule has 0 radical (unpaired) electrons. The smallest absolute Gasteiger partial charge is 0.319 e. The van der Waals surface area contributed by atoms with Crippen molar-refractivity contribution in [3.05, 3.63) is 52.0 Å². The predicted molar refractivity (Wildman–Crippen MR) is 106 cm³/mol. The van der Waals surface area contributed by atoms with Gasteiger partial charge in [-0.3, -0.25) is 0 Å². The highest BCUT2D eigenvalue weighted by Gasteiger charge is 2.22. The first-order valence-corrected chi connectivity index (χ1v) is 8.75. The average Bonchev–Trinajstić information content (AvgIpc) is 2.61. The summed E-state index contributed by atoms with van der Waals surface area (Å²) >= 11 is 12.0. The van der Waals surface area contributed by atoms with Crippen LogP contribution in [0.2, 0.25) is 10.0 Å². The number of anilines is 1. The Balaban J connectivity index is 2.06. The largest absolute Gasteiger partial charge is 0.495 e. The fourth-order valence-corrected chi connectivity index (χ4v) is 2.79. The Kier molecular flexibility index (Phi) is 6.62. The lowest BCUT2D eigenvalue weighted by Gasteiger charge is -2.26. The zero-order valence-corrected chi connectivity index (χ0v) is 16.7. The fraction of sp³-hybridized carbons (Fsp3) is 0.316. The van der Waals surface area contributed by atoms with Crippen molar-refractivity contribution in [3.63, 3.8) is 0 Å². The average molecular weight is 397 g/mol. The van der Waals surface area contributed by atoms with Gasteiger partial charge in [-0.25, -0.2) is 4.79 Å². The molecule has 2 N–H and O–H groups in total. The minimum atomic E-state index is -0.352. The van der Waals surface area contributed by atoms with Crippen molar-refractivity contribution >= 4 is 34.9 Å². The molecule has 0 aliphatic heterocycles. The van der Waals surface area contributed by atoms with Crippen molar-refractivity contribution in [2.45, 2.75) is 19.3 Å². The van der Waals surface area contributed by atoms with Gasteiger partial charge in [-0.2, -0.15) is 0 Å². The molecule has 0 aromatic heterocycles. The molecule has 2 aromatic carbocycles. The molecule has 2 aromatic rings. The Morgan fingerprint density at radius 3 is 2.23 bits per heavy atom. The van der Waals surface area contributed by atoms with Crippen LogP contribution in [-0.2, 0) is 5.41 Å². The third-order valence-electron chi connectivity index (χ3n) is 4.04. The molecule has 0 unspecified atom stereocenters. The number of hydrogen-bond donors (Lipinski definition) is 2. The van der Waals surface area contributed by atoms with Crippen LogP contribution < -0.4 is 20.1 Å². The number of urea groups is 1. The van der Waals surface area contributed by atoms with Crippen LogP contribution in [0.15, 0.2) is 36.4 Å². The normalized spacial score (nSPS) is 11.0. The molecule has 0 bridgehead atoms. The second-order valence-corrected chi connectivity index (χ2v) is 7.23. The van der Waals surface area contributed by atoms with Gasteiger partial charge in [-0.05, 0) is 17.7 Å². The molecule has 26 heavy (non-hydrogen) atoms. The van der Waals surface area contributed by atoms with E-state index in [1.54, 1.807) is 12.1 Å². The Morgan fingerprint density at radius 1 is 1.04 bits per heavy atom.